The first-order valence-electron chi connectivity index (χ1n) is 11.6. The van der Waals surface area contributed by atoms with E-state index >= 15 is 0 Å². The summed E-state index contributed by atoms with van der Waals surface area (Å²) in [6.45, 7) is 2.88. The van der Waals surface area contributed by atoms with Crippen molar-refractivity contribution in [3.8, 4) is 23.0 Å². The second kappa shape index (κ2) is 10.2. The zero-order valence-corrected chi connectivity index (χ0v) is 19.6. The van der Waals surface area contributed by atoms with Crippen LogP contribution < -0.4 is 9.47 Å². The minimum absolute atomic E-state index is 0.0553. The molecule has 2 N–H and O–H groups in total. The van der Waals surface area contributed by atoms with Gasteiger partial charge in [-0.3, -0.25) is 9.29 Å². The molecule has 3 aromatic carbocycles. The Morgan fingerprint density at radius 3 is 2.44 bits per heavy atom. The molecule has 2 aliphatic rings. The highest BCUT2D eigenvalue weighted by Gasteiger charge is 2.33. The minimum Gasteiger partial charge on any atom is -0.508 e. The first-order chi connectivity index (χ1) is 16.6. The van der Waals surface area contributed by atoms with Crippen LogP contribution >= 0.6 is 11.8 Å². The van der Waals surface area contributed by atoms with E-state index in [1.54, 1.807) is 42.1 Å². The van der Waals surface area contributed by atoms with Gasteiger partial charge in [0.25, 0.3) is 0 Å². The molecule has 178 valence electrons. The van der Waals surface area contributed by atoms with Gasteiger partial charge in [-0.25, -0.2) is 0 Å². The molecule has 0 radical (unpaired) electrons. The Morgan fingerprint density at radius 2 is 1.71 bits per heavy atom. The van der Waals surface area contributed by atoms with E-state index < -0.39 is 0 Å². The van der Waals surface area contributed by atoms with Crippen molar-refractivity contribution >= 4 is 11.8 Å². The predicted molar refractivity (Wildman–Crippen MR) is 131 cm³/mol. The fraction of sp³-hybridized carbons (Fsp3) is 0.333. The monoisotopic (exact) mass is 481 g/mol. The van der Waals surface area contributed by atoms with Crippen LogP contribution in [-0.4, -0.2) is 48.0 Å². The number of thioether (sulfide) groups is 1. The van der Waals surface area contributed by atoms with Crippen molar-refractivity contribution in [2.24, 2.45) is 5.92 Å². The maximum absolute atomic E-state index is 12.8. The third-order valence-electron chi connectivity index (χ3n) is 6.40. The minimum atomic E-state index is -0.247. The van der Waals surface area contributed by atoms with Gasteiger partial charge in [0, 0.05) is 19.0 Å². The van der Waals surface area contributed by atoms with Crippen LogP contribution in [0.2, 0.25) is 0 Å². The van der Waals surface area contributed by atoms with Gasteiger partial charge in [-0.1, -0.05) is 24.3 Å². The number of ether oxygens (including phenoxy) is 2. The molecular formula is C27H28FNO4S. The van der Waals surface area contributed by atoms with Crippen LogP contribution in [0, 0.1) is 5.92 Å². The zero-order valence-electron chi connectivity index (χ0n) is 18.8. The summed E-state index contributed by atoms with van der Waals surface area (Å²) in [7, 11) is 0. The average Bonchev–Trinajstić information content (AvgIpc) is 3.32. The van der Waals surface area contributed by atoms with E-state index in [1.165, 1.54) is 0 Å². The highest BCUT2D eigenvalue weighted by molar-refractivity contribution is 7.99. The van der Waals surface area contributed by atoms with Crippen molar-refractivity contribution in [1.29, 1.82) is 0 Å². The Hall–Kier alpha value is -2.90. The van der Waals surface area contributed by atoms with Gasteiger partial charge in [0.15, 0.2) is 0 Å². The number of phenolic OH excluding ortho intramolecular Hbond substituents is 2. The molecule has 2 heterocycles. The number of hydrogen-bond acceptors (Lipinski definition) is 6. The van der Waals surface area contributed by atoms with Gasteiger partial charge in [-0.05, 0) is 66.6 Å². The Morgan fingerprint density at radius 1 is 0.971 bits per heavy atom. The largest absolute Gasteiger partial charge is 0.508 e. The maximum Gasteiger partial charge on any atom is 0.140 e. The van der Waals surface area contributed by atoms with E-state index in [2.05, 4.69) is 4.90 Å². The van der Waals surface area contributed by atoms with E-state index in [0.717, 1.165) is 53.6 Å². The summed E-state index contributed by atoms with van der Waals surface area (Å²) >= 11 is 1.64. The maximum atomic E-state index is 12.8. The summed E-state index contributed by atoms with van der Waals surface area (Å²) in [6.07, 6.45) is 0.679. The van der Waals surface area contributed by atoms with Crippen molar-refractivity contribution in [1.82, 2.24) is 4.90 Å². The molecule has 0 spiro atoms. The van der Waals surface area contributed by atoms with Crippen molar-refractivity contribution in [3.63, 3.8) is 0 Å². The molecule has 5 rings (SSSR count). The Balaban J connectivity index is 1.30. The van der Waals surface area contributed by atoms with Gasteiger partial charge in [0.05, 0.1) is 16.8 Å². The molecule has 3 aromatic rings. The van der Waals surface area contributed by atoms with Gasteiger partial charge in [0.2, 0.25) is 0 Å². The lowest BCUT2D eigenvalue weighted by Crippen LogP contribution is -2.26. The normalized spacial score (nSPS) is 22.2. The fourth-order valence-electron chi connectivity index (χ4n) is 4.52. The molecule has 34 heavy (non-hydrogen) atoms. The summed E-state index contributed by atoms with van der Waals surface area (Å²) in [6, 6.07) is 20.3. The molecule has 1 fully saturated rings. The lowest BCUT2D eigenvalue weighted by Gasteiger charge is -2.34. The van der Waals surface area contributed by atoms with E-state index in [4.69, 9.17) is 9.47 Å². The van der Waals surface area contributed by atoms with Crippen LogP contribution in [0.3, 0.4) is 0 Å². The number of aromatic hydroxyl groups is 2. The van der Waals surface area contributed by atoms with Gasteiger partial charge in [-0.2, -0.15) is 0 Å². The van der Waals surface area contributed by atoms with Crippen molar-refractivity contribution in [2.45, 2.75) is 22.7 Å². The smallest absolute Gasteiger partial charge is 0.140 e. The Labute approximate surface area is 203 Å². The first-order valence-corrected chi connectivity index (χ1v) is 12.4. The molecule has 7 heteroatoms. The van der Waals surface area contributed by atoms with E-state index in [9.17, 15) is 14.6 Å². The lowest BCUT2D eigenvalue weighted by atomic mass is 10.00. The number of fused-ring (bicyclic) bond motifs is 1. The molecule has 3 atom stereocenters. The van der Waals surface area contributed by atoms with Crippen molar-refractivity contribution in [3.05, 3.63) is 77.9 Å². The SMILES string of the molecule is Oc1ccc(C2Sc3cc(O)ccc3OC2c2ccc(OCCN3CCC(CF)C3)cc2)cc1. The zero-order chi connectivity index (χ0) is 23.5. The highest BCUT2D eigenvalue weighted by atomic mass is 32.2. The lowest BCUT2D eigenvalue weighted by molar-refractivity contribution is 0.190. The highest BCUT2D eigenvalue weighted by Crippen LogP contribution is 2.54. The van der Waals surface area contributed by atoms with Crippen LogP contribution in [-0.2, 0) is 0 Å². The quantitative estimate of drug-likeness (QED) is 0.449. The van der Waals surface area contributed by atoms with Crippen LogP contribution in [0.1, 0.15) is 28.9 Å². The van der Waals surface area contributed by atoms with Gasteiger partial charge in [-0.15, -0.1) is 11.8 Å². The van der Waals surface area contributed by atoms with E-state index in [1.807, 2.05) is 36.4 Å². The van der Waals surface area contributed by atoms with Gasteiger partial charge < -0.3 is 19.7 Å². The third kappa shape index (κ3) is 5.10. The molecule has 5 nitrogen and oxygen atoms in total. The second-order valence-corrected chi connectivity index (χ2v) is 10.0. The molecular weight excluding hydrogens is 453 g/mol. The number of rotatable bonds is 7. The number of likely N-dealkylation sites (tertiary alicyclic amines) is 1. The van der Waals surface area contributed by atoms with Gasteiger partial charge >= 0.3 is 0 Å². The second-order valence-electron chi connectivity index (χ2n) is 8.83. The van der Waals surface area contributed by atoms with Crippen LogP contribution in [0.25, 0.3) is 0 Å². The first kappa shape index (κ1) is 22.9. The number of halogens is 1. The molecule has 1 saturated heterocycles. The summed E-state index contributed by atoms with van der Waals surface area (Å²) < 4.78 is 25.2. The number of nitrogens with zero attached hydrogens (tertiary/aromatic N) is 1. The predicted octanol–water partition coefficient (Wildman–Crippen LogP) is 5.74. The van der Waals surface area contributed by atoms with E-state index in [0.29, 0.717) is 6.61 Å². The van der Waals surface area contributed by atoms with E-state index in [-0.39, 0.29) is 35.4 Å². The number of hydrogen-bond donors (Lipinski definition) is 2. The summed E-state index contributed by atoms with van der Waals surface area (Å²) in [5, 5.41) is 19.6. The number of benzene rings is 3. The van der Waals surface area contributed by atoms with Gasteiger partial charge in [0.1, 0.15) is 35.7 Å². The Bertz CT molecular complexity index is 1110. The standard InChI is InChI=1S/C27H28FNO4S/c28-16-18-11-12-29(17-18)13-14-32-23-8-3-19(4-9-23)26-27(20-1-5-21(30)6-2-20)34-25-15-22(31)7-10-24(25)33-26/h1-10,15,18,26-27,30-31H,11-14,16-17H2. The molecule has 0 aliphatic carbocycles. The molecule has 0 amide bonds. The summed E-state index contributed by atoms with van der Waals surface area (Å²) in [5.41, 5.74) is 2.04. The average molecular weight is 482 g/mol. The molecule has 2 aliphatic heterocycles. The van der Waals surface area contributed by atoms with Crippen LogP contribution in [0.4, 0.5) is 4.39 Å². The molecule has 0 bridgehead atoms. The fourth-order valence-corrected chi connectivity index (χ4v) is 5.85. The van der Waals surface area contributed by atoms with Crippen molar-refractivity contribution < 1.29 is 24.1 Å². The number of alkyl halides is 1. The van der Waals surface area contributed by atoms with Crippen LogP contribution in [0.5, 0.6) is 23.0 Å². The molecule has 0 saturated carbocycles. The molecule has 0 aromatic heterocycles. The topological polar surface area (TPSA) is 62.2 Å². The number of phenols is 2. The Kier molecular flexibility index (Phi) is 6.83. The summed E-state index contributed by atoms with van der Waals surface area (Å²) in [4.78, 5) is 3.13. The van der Waals surface area contributed by atoms with Crippen LogP contribution in [0.15, 0.2) is 71.6 Å². The summed E-state index contributed by atoms with van der Waals surface area (Å²) in [5.74, 6) is 2.12. The van der Waals surface area contributed by atoms with Crippen molar-refractivity contribution in [2.75, 3.05) is 32.9 Å². The third-order valence-corrected chi connectivity index (χ3v) is 7.75. The molecule has 3 unspecified atom stereocenters.